The summed E-state index contributed by atoms with van der Waals surface area (Å²) in [4.78, 5) is 25.3. The molecule has 0 radical (unpaired) electrons. The van der Waals surface area contributed by atoms with Gasteiger partial charge in [-0.15, -0.1) is 0 Å². The van der Waals surface area contributed by atoms with Crippen LogP contribution in [0.25, 0.3) is 11.1 Å². The predicted octanol–water partition coefficient (Wildman–Crippen LogP) is 7.23. The number of hydrogen-bond donors (Lipinski definition) is 0. The van der Waals surface area contributed by atoms with Gasteiger partial charge in [0.05, 0.1) is 11.7 Å². The Kier molecular flexibility index (Phi) is 12.4. The molecule has 0 bridgehead atoms. The molecule has 0 spiro atoms. The van der Waals surface area contributed by atoms with Crippen molar-refractivity contribution in [1.82, 2.24) is 0 Å². The maximum absolute atomic E-state index is 12.7. The first-order valence-corrected chi connectivity index (χ1v) is 12.6. The number of rotatable bonds is 15. The molecule has 5 heteroatoms. The highest BCUT2D eigenvalue weighted by atomic mass is 16.6. The van der Waals surface area contributed by atoms with Crippen LogP contribution >= 0.6 is 0 Å². The third kappa shape index (κ3) is 8.94. The lowest BCUT2D eigenvalue weighted by molar-refractivity contribution is -0.134. The average molecular weight is 469 g/mol. The molecule has 0 saturated carbocycles. The predicted molar refractivity (Wildman–Crippen MR) is 136 cm³/mol. The SMILES string of the molecule is CCCCCCCCC(=O)Oc1cc(C(=O)OC[C@@H](OC)[C@@H](C)CC)ccc1-c1ccccc1. The van der Waals surface area contributed by atoms with Gasteiger partial charge in [-0.2, -0.15) is 0 Å². The van der Waals surface area contributed by atoms with Gasteiger partial charge in [-0.25, -0.2) is 4.79 Å². The molecule has 2 atom stereocenters. The molecule has 0 N–H and O–H groups in total. The van der Waals surface area contributed by atoms with Crippen molar-refractivity contribution in [2.24, 2.45) is 5.92 Å². The molecule has 0 fully saturated rings. The molecule has 0 aliphatic carbocycles. The summed E-state index contributed by atoms with van der Waals surface area (Å²) in [5, 5.41) is 0. The van der Waals surface area contributed by atoms with Crippen molar-refractivity contribution in [1.29, 1.82) is 0 Å². The van der Waals surface area contributed by atoms with Crippen LogP contribution in [0.3, 0.4) is 0 Å². The Labute approximate surface area is 204 Å². The number of ether oxygens (including phenoxy) is 3. The summed E-state index contributed by atoms with van der Waals surface area (Å²) in [5.41, 5.74) is 2.03. The van der Waals surface area contributed by atoms with E-state index in [9.17, 15) is 9.59 Å². The number of hydrogen-bond acceptors (Lipinski definition) is 5. The van der Waals surface area contributed by atoms with Crippen LogP contribution in [-0.2, 0) is 14.3 Å². The van der Waals surface area contributed by atoms with Crippen LogP contribution in [0.15, 0.2) is 48.5 Å². The van der Waals surface area contributed by atoms with E-state index in [1.54, 1.807) is 19.2 Å². The van der Waals surface area contributed by atoms with Crippen molar-refractivity contribution in [3.8, 4) is 16.9 Å². The monoisotopic (exact) mass is 468 g/mol. The maximum atomic E-state index is 12.7. The van der Waals surface area contributed by atoms with Gasteiger partial charge in [0.2, 0.25) is 0 Å². The Morgan fingerprint density at radius 2 is 1.62 bits per heavy atom. The minimum absolute atomic E-state index is 0.160. The van der Waals surface area contributed by atoms with E-state index < -0.39 is 5.97 Å². The fourth-order valence-electron chi connectivity index (χ4n) is 3.78. The van der Waals surface area contributed by atoms with Crippen LogP contribution in [0.4, 0.5) is 0 Å². The van der Waals surface area contributed by atoms with Gasteiger partial charge in [-0.1, -0.05) is 89.6 Å². The van der Waals surface area contributed by atoms with E-state index in [0.29, 0.717) is 17.7 Å². The molecule has 2 rings (SSSR count). The third-order valence-corrected chi connectivity index (χ3v) is 6.22. The molecule has 186 valence electrons. The molecule has 0 unspecified atom stereocenters. The Morgan fingerprint density at radius 3 is 2.29 bits per heavy atom. The normalized spacial score (nSPS) is 12.7. The lowest BCUT2D eigenvalue weighted by Crippen LogP contribution is -2.27. The second kappa shape index (κ2) is 15.3. The van der Waals surface area contributed by atoms with Crippen LogP contribution in [-0.4, -0.2) is 31.8 Å². The topological polar surface area (TPSA) is 61.8 Å². The van der Waals surface area contributed by atoms with Crippen LogP contribution in [0.5, 0.6) is 5.75 Å². The smallest absolute Gasteiger partial charge is 0.338 e. The molecular weight excluding hydrogens is 428 g/mol. The zero-order chi connectivity index (χ0) is 24.8. The summed E-state index contributed by atoms with van der Waals surface area (Å²) >= 11 is 0. The lowest BCUT2D eigenvalue weighted by atomic mass is 10.0. The van der Waals surface area contributed by atoms with Crippen molar-refractivity contribution in [2.45, 2.75) is 78.2 Å². The minimum atomic E-state index is -0.460. The van der Waals surface area contributed by atoms with E-state index in [4.69, 9.17) is 14.2 Å². The van der Waals surface area contributed by atoms with Crippen LogP contribution < -0.4 is 4.74 Å². The summed E-state index contributed by atoms with van der Waals surface area (Å²) in [6, 6.07) is 14.8. The van der Waals surface area contributed by atoms with Crippen molar-refractivity contribution >= 4 is 11.9 Å². The molecule has 0 saturated heterocycles. The van der Waals surface area contributed by atoms with Gasteiger partial charge in [-0.05, 0) is 36.1 Å². The third-order valence-electron chi connectivity index (χ3n) is 6.22. The Balaban J connectivity index is 2.11. The van der Waals surface area contributed by atoms with Gasteiger partial charge >= 0.3 is 11.9 Å². The number of methoxy groups -OCH3 is 1. The molecule has 0 aliphatic rings. The van der Waals surface area contributed by atoms with Crippen LogP contribution in [0, 0.1) is 5.92 Å². The minimum Gasteiger partial charge on any atom is -0.459 e. The summed E-state index contributed by atoms with van der Waals surface area (Å²) in [5.74, 6) is -0.0915. The number of esters is 2. The highest BCUT2D eigenvalue weighted by Gasteiger charge is 2.20. The first-order valence-electron chi connectivity index (χ1n) is 12.6. The fraction of sp³-hybridized carbons (Fsp3) is 0.517. The largest absolute Gasteiger partial charge is 0.459 e. The van der Waals surface area contributed by atoms with E-state index in [1.165, 1.54) is 19.3 Å². The molecule has 0 heterocycles. The van der Waals surface area contributed by atoms with Gasteiger partial charge < -0.3 is 14.2 Å². The van der Waals surface area contributed by atoms with Gasteiger partial charge in [0.1, 0.15) is 12.4 Å². The highest BCUT2D eigenvalue weighted by Crippen LogP contribution is 2.32. The summed E-state index contributed by atoms with van der Waals surface area (Å²) < 4.78 is 16.7. The van der Waals surface area contributed by atoms with Gasteiger partial charge in [0.25, 0.3) is 0 Å². The Morgan fingerprint density at radius 1 is 0.912 bits per heavy atom. The second-order valence-electron chi connectivity index (χ2n) is 8.83. The lowest BCUT2D eigenvalue weighted by Gasteiger charge is -2.21. The molecule has 0 aliphatic heterocycles. The molecule has 2 aromatic carbocycles. The maximum Gasteiger partial charge on any atom is 0.338 e. The fourth-order valence-corrected chi connectivity index (χ4v) is 3.78. The molecule has 0 amide bonds. The Hall–Kier alpha value is -2.66. The zero-order valence-corrected chi connectivity index (χ0v) is 21.2. The molecule has 2 aromatic rings. The van der Waals surface area contributed by atoms with E-state index in [2.05, 4.69) is 20.8 Å². The summed E-state index contributed by atoms with van der Waals surface area (Å²) in [6.07, 6.45) is 7.73. The zero-order valence-electron chi connectivity index (χ0n) is 21.2. The average Bonchev–Trinajstić information content (AvgIpc) is 2.86. The number of benzene rings is 2. The number of carbonyl (C=O) groups is 2. The van der Waals surface area contributed by atoms with Crippen molar-refractivity contribution in [3.63, 3.8) is 0 Å². The first-order chi connectivity index (χ1) is 16.5. The quantitative estimate of drug-likeness (QED) is 0.157. The highest BCUT2D eigenvalue weighted by molar-refractivity contribution is 5.92. The summed E-state index contributed by atoms with van der Waals surface area (Å²) in [6.45, 7) is 6.51. The van der Waals surface area contributed by atoms with Crippen LogP contribution in [0.2, 0.25) is 0 Å². The van der Waals surface area contributed by atoms with E-state index in [0.717, 1.165) is 36.8 Å². The van der Waals surface area contributed by atoms with Gasteiger partial charge in [0.15, 0.2) is 0 Å². The van der Waals surface area contributed by atoms with E-state index in [-0.39, 0.29) is 24.6 Å². The van der Waals surface area contributed by atoms with Crippen molar-refractivity contribution < 1.29 is 23.8 Å². The molecule has 34 heavy (non-hydrogen) atoms. The number of unbranched alkanes of at least 4 members (excludes halogenated alkanes) is 5. The van der Waals surface area contributed by atoms with E-state index in [1.807, 2.05) is 36.4 Å². The first kappa shape index (κ1) is 27.6. The van der Waals surface area contributed by atoms with Crippen molar-refractivity contribution in [3.05, 3.63) is 54.1 Å². The van der Waals surface area contributed by atoms with E-state index >= 15 is 0 Å². The van der Waals surface area contributed by atoms with Gasteiger partial charge in [0, 0.05) is 19.1 Å². The van der Waals surface area contributed by atoms with Crippen LogP contribution in [0.1, 0.15) is 82.5 Å². The molecule has 5 nitrogen and oxygen atoms in total. The summed E-state index contributed by atoms with van der Waals surface area (Å²) in [7, 11) is 1.63. The molecule has 0 aromatic heterocycles. The molecular formula is C29H40O5. The number of carbonyl (C=O) groups excluding carboxylic acids is 2. The van der Waals surface area contributed by atoms with Crippen molar-refractivity contribution in [2.75, 3.05) is 13.7 Å². The Bertz CT molecular complexity index is 877. The van der Waals surface area contributed by atoms with Gasteiger partial charge in [-0.3, -0.25) is 4.79 Å². The standard InChI is InChI=1S/C29H40O5/c1-5-7-8-9-10-14-17-28(30)34-26-20-24(18-19-25(26)23-15-12-11-13-16-23)29(31)33-21-27(32-4)22(3)6-2/h11-13,15-16,18-20,22,27H,5-10,14,17,21H2,1-4H3/t22-,27+/m0/s1. The second-order valence-corrected chi connectivity index (χ2v) is 8.83.